The number of nitriles is 2. The van der Waals surface area contributed by atoms with Crippen LogP contribution in [0.15, 0.2) is 37.5 Å². The standard InChI is InChI=1S/C12H27N.C12H21N.C11H19N.C4H6O2.2CO2.H2/c2*1-2-3-4-5-6-7-8-9-10-11-12-13;1-2-3-4-5-6-7-8-9-10-11-12;1-3-4(5)6-2;2*2-1-3;/h2-13H2,1H3;2-3H,4-11H2,1H3;2H,1,3-10H2;3H,1H2,2H3;;;1H/b;3-2+;;;;;. The lowest BCUT2D eigenvalue weighted by molar-refractivity contribution is -0.193. The lowest BCUT2D eigenvalue weighted by atomic mass is 10.1. The van der Waals surface area contributed by atoms with Gasteiger partial charge in [-0.25, -0.2) is 4.79 Å². The maximum absolute atomic E-state index is 9.84. The van der Waals surface area contributed by atoms with Crippen molar-refractivity contribution in [2.45, 2.75) is 181 Å². The summed E-state index contributed by atoms with van der Waals surface area (Å²) >= 11 is 0. The summed E-state index contributed by atoms with van der Waals surface area (Å²) in [5.41, 5.74) is 5.42. The second-order valence-corrected chi connectivity index (χ2v) is 11.4. The highest BCUT2D eigenvalue weighted by Gasteiger charge is 1.92. The van der Waals surface area contributed by atoms with Gasteiger partial charge in [0.25, 0.3) is 0 Å². The average Bonchev–Trinajstić information content (AvgIpc) is 3.12. The van der Waals surface area contributed by atoms with Crippen molar-refractivity contribution in [3.05, 3.63) is 37.5 Å². The van der Waals surface area contributed by atoms with Crippen LogP contribution in [0, 0.1) is 22.7 Å². The smallest absolute Gasteiger partial charge is 0.373 e. The number of nitrogens with two attached hydrogens (primary N) is 1. The third kappa shape index (κ3) is 96.8. The van der Waals surface area contributed by atoms with Gasteiger partial charge < -0.3 is 10.5 Å². The molecule has 0 bridgehead atoms. The van der Waals surface area contributed by atoms with E-state index in [2.05, 4.69) is 56.0 Å². The number of methoxy groups -OCH3 is 1. The summed E-state index contributed by atoms with van der Waals surface area (Å²) in [5, 5.41) is 16.6. The molecule has 0 atom stereocenters. The minimum absolute atomic E-state index is 0. The van der Waals surface area contributed by atoms with Gasteiger partial charge in [-0.15, -0.1) is 6.58 Å². The van der Waals surface area contributed by atoms with Crippen molar-refractivity contribution in [2.75, 3.05) is 13.7 Å². The second kappa shape index (κ2) is 71.4. The first-order chi connectivity index (χ1) is 24.4. The number of hydrogen-bond acceptors (Lipinski definition) is 9. The van der Waals surface area contributed by atoms with Gasteiger partial charge in [-0.05, 0) is 58.4 Å². The molecule has 0 aromatic carbocycles. The van der Waals surface area contributed by atoms with Gasteiger partial charge in [0.1, 0.15) is 0 Å². The largest absolute Gasteiger partial charge is 0.466 e. The van der Waals surface area contributed by atoms with Crippen LogP contribution in [-0.4, -0.2) is 31.9 Å². The summed E-state index contributed by atoms with van der Waals surface area (Å²) < 4.78 is 4.14. The van der Waals surface area contributed by atoms with Gasteiger partial charge >= 0.3 is 18.3 Å². The topological polar surface area (TPSA) is 168 Å². The zero-order chi connectivity index (χ0) is 39.0. The van der Waals surface area contributed by atoms with Crippen LogP contribution < -0.4 is 5.73 Å². The predicted octanol–water partition coefficient (Wildman–Crippen LogP) is 11.3. The quantitative estimate of drug-likeness (QED) is 0.0378. The Kier molecular flexibility index (Phi) is 83.7. The first-order valence-electron chi connectivity index (χ1n) is 18.7. The normalized spacial score (nSPS) is 8.84. The van der Waals surface area contributed by atoms with Crippen LogP contribution >= 0.6 is 0 Å². The molecule has 0 aromatic heterocycles. The number of allylic oxidation sites excluding steroid dienone is 3. The molecule has 0 saturated heterocycles. The molecule has 0 fully saturated rings. The number of carbonyl (C=O) groups is 1. The van der Waals surface area contributed by atoms with Gasteiger partial charge in [-0.2, -0.15) is 29.7 Å². The van der Waals surface area contributed by atoms with Crippen LogP contribution in [0.25, 0.3) is 0 Å². The summed E-state index contributed by atoms with van der Waals surface area (Å²) in [6.07, 6.45) is 40.9. The fourth-order valence-corrected chi connectivity index (χ4v) is 4.25. The van der Waals surface area contributed by atoms with Crippen molar-refractivity contribution in [3.63, 3.8) is 0 Å². The molecular formula is C41H75N3O6. The first kappa shape index (κ1) is 58.6. The molecular weight excluding hydrogens is 630 g/mol. The van der Waals surface area contributed by atoms with Crippen molar-refractivity contribution >= 4 is 18.3 Å². The van der Waals surface area contributed by atoms with Crippen molar-refractivity contribution < 1.29 is 30.1 Å². The molecule has 0 aliphatic heterocycles. The number of esters is 1. The van der Waals surface area contributed by atoms with E-state index in [9.17, 15) is 4.79 Å². The summed E-state index contributed by atoms with van der Waals surface area (Å²) in [6, 6.07) is 4.34. The molecule has 2 N–H and O–H groups in total. The van der Waals surface area contributed by atoms with Gasteiger partial charge in [0, 0.05) is 20.3 Å². The molecule has 0 heterocycles. The molecule has 0 spiro atoms. The molecule has 290 valence electrons. The van der Waals surface area contributed by atoms with Gasteiger partial charge in [0.15, 0.2) is 0 Å². The van der Waals surface area contributed by atoms with Crippen molar-refractivity contribution in [1.82, 2.24) is 0 Å². The highest BCUT2D eigenvalue weighted by molar-refractivity contribution is 5.80. The maximum atomic E-state index is 9.84. The number of rotatable bonds is 27. The van der Waals surface area contributed by atoms with Crippen LogP contribution in [0.2, 0.25) is 0 Å². The van der Waals surface area contributed by atoms with Crippen molar-refractivity contribution in [3.8, 4) is 12.1 Å². The molecule has 0 aliphatic carbocycles. The number of carbonyl (C=O) groups excluding carboxylic acids is 5. The van der Waals surface area contributed by atoms with Gasteiger partial charge in [0.05, 0.1) is 19.2 Å². The van der Waals surface area contributed by atoms with E-state index in [0.717, 1.165) is 44.7 Å². The first-order valence-corrected chi connectivity index (χ1v) is 18.7. The van der Waals surface area contributed by atoms with Gasteiger partial charge in [0.2, 0.25) is 0 Å². The predicted molar refractivity (Wildman–Crippen MR) is 205 cm³/mol. The van der Waals surface area contributed by atoms with E-state index in [1.165, 1.54) is 142 Å². The number of ether oxygens (including phenoxy) is 1. The minimum Gasteiger partial charge on any atom is -0.466 e. The number of hydrogen-bond donors (Lipinski definition) is 1. The summed E-state index contributed by atoms with van der Waals surface area (Å²) in [6.45, 7) is 12.1. The Morgan fingerprint density at radius 1 is 0.640 bits per heavy atom. The van der Waals surface area contributed by atoms with Crippen LogP contribution in [0.1, 0.15) is 182 Å². The van der Waals surface area contributed by atoms with Gasteiger partial charge in [-0.3, -0.25) is 0 Å². The second-order valence-electron chi connectivity index (χ2n) is 11.4. The molecule has 0 saturated carbocycles. The van der Waals surface area contributed by atoms with Crippen LogP contribution in [-0.2, 0) is 28.7 Å². The van der Waals surface area contributed by atoms with E-state index >= 15 is 0 Å². The molecule has 0 aromatic rings. The van der Waals surface area contributed by atoms with E-state index in [0.29, 0.717) is 0 Å². The molecule has 0 aliphatic rings. The molecule has 9 heteroatoms. The molecule has 0 amide bonds. The van der Waals surface area contributed by atoms with Gasteiger partial charge in [-0.1, -0.05) is 141 Å². The van der Waals surface area contributed by atoms with E-state index in [1.54, 1.807) is 0 Å². The molecule has 0 unspecified atom stereocenters. The Morgan fingerprint density at radius 3 is 1.26 bits per heavy atom. The fraction of sp³-hybridized carbons (Fsp3) is 0.732. The molecule has 9 nitrogen and oxygen atoms in total. The zero-order valence-electron chi connectivity index (χ0n) is 32.2. The Bertz CT molecular complexity index is 819. The van der Waals surface area contributed by atoms with E-state index < -0.39 is 5.97 Å². The highest BCUT2D eigenvalue weighted by atomic mass is 16.5. The third-order valence-corrected chi connectivity index (χ3v) is 7.02. The average molecular weight is 706 g/mol. The maximum Gasteiger partial charge on any atom is 0.373 e. The SMILES string of the molecule is C/C=C/CCCCCCCCC#N.C=CC(=O)OC.C=CCCCCCCCCC#N.CCCCCCCCCCCCN.O=C=O.O=C=O.[HH]. The lowest BCUT2D eigenvalue weighted by Gasteiger charge is -2.00. The Labute approximate surface area is 308 Å². The van der Waals surface area contributed by atoms with Crippen molar-refractivity contribution in [2.24, 2.45) is 5.73 Å². The van der Waals surface area contributed by atoms with E-state index in [1.807, 2.05) is 6.08 Å². The van der Waals surface area contributed by atoms with Crippen LogP contribution in [0.5, 0.6) is 0 Å². The number of unbranched alkanes of at least 4 members (excludes halogenated alkanes) is 23. The Morgan fingerprint density at radius 2 is 0.980 bits per heavy atom. The fourth-order valence-electron chi connectivity index (χ4n) is 4.25. The zero-order valence-corrected chi connectivity index (χ0v) is 32.2. The van der Waals surface area contributed by atoms with E-state index in [-0.39, 0.29) is 13.7 Å². The molecule has 0 radical (unpaired) electrons. The molecule has 50 heavy (non-hydrogen) atoms. The summed E-state index contributed by atoms with van der Waals surface area (Å²) in [7, 11) is 1.31. The lowest BCUT2D eigenvalue weighted by Crippen LogP contribution is -1.97. The Balaban J connectivity index is -0.0000000975. The number of nitrogens with zero attached hydrogens (tertiary/aromatic N) is 2. The monoisotopic (exact) mass is 706 g/mol. The van der Waals surface area contributed by atoms with Crippen molar-refractivity contribution in [1.29, 1.82) is 10.5 Å². The van der Waals surface area contributed by atoms with Crippen LogP contribution in [0.3, 0.4) is 0 Å². The van der Waals surface area contributed by atoms with E-state index in [4.69, 9.17) is 35.4 Å². The Hall–Kier alpha value is -3.61. The summed E-state index contributed by atoms with van der Waals surface area (Å²) in [5.74, 6) is -0.394. The highest BCUT2D eigenvalue weighted by Crippen LogP contribution is 2.11. The minimum atomic E-state index is -0.394. The summed E-state index contributed by atoms with van der Waals surface area (Å²) in [4.78, 5) is 42.3. The third-order valence-electron chi connectivity index (χ3n) is 7.02. The molecule has 0 rings (SSSR count). The van der Waals surface area contributed by atoms with Crippen LogP contribution in [0.4, 0.5) is 0 Å².